The lowest BCUT2D eigenvalue weighted by Crippen LogP contribution is -2.15. The average molecular weight is 354 g/mol. The van der Waals surface area contributed by atoms with Crippen molar-refractivity contribution in [2.24, 2.45) is 0 Å². The third kappa shape index (κ3) is 3.86. The lowest BCUT2D eigenvalue weighted by atomic mass is 10.1. The standard InChI is InChI=1S/C15H16ClN3O3S/c1-3-22-15(21)12-13(17)19(18-14(12)23-2)8-11(20)9-4-6-10(16)7-5-9/h4-7H,3,8,17H2,1-2H3. The molecule has 23 heavy (non-hydrogen) atoms. The Bertz CT molecular complexity index is 728. The highest BCUT2D eigenvalue weighted by atomic mass is 35.5. The van der Waals surface area contributed by atoms with E-state index in [4.69, 9.17) is 22.1 Å². The smallest absolute Gasteiger partial charge is 0.344 e. The van der Waals surface area contributed by atoms with Gasteiger partial charge in [0.2, 0.25) is 0 Å². The van der Waals surface area contributed by atoms with Crippen molar-refractivity contribution in [3.8, 4) is 0 Å². The van der Waals surface area contributed by atoms with E-state index in [0.717, 1.165) is 0 Å². The molecule has 2 rings (SSSR count). The number of nitrogens with two attached hydrogens (primary N) is 1. The van der Waals surface area contributed by atoms with E-state index in [1.165, 1.54) is 16.4 Å². The van der Waals surface area contributed by atoms with Crippen LogP contribution in [0.2, 0.25) is 5.02 Å². The Balaban J connectivity index is 2.28. The number of ketones is 1. The first-order valence-electron chi connectivity index (χ1n) is 6.84. The fourth-order valence-electron chi connectivity index (χ4n) is 1.97. The predicted octanol–water partition coefficient (Wildman–Crippen LogP) is 2.90. The Hall–Kier alpha value is -1.99. The molecule has 0 aliphatic heterocycles. The number of aromatic nitrogens is 2. The van der Waals surface area contributed by atoms with Gasteiger partial charge in [-0.1, -0.05) is 11.6 Å². The normalized spacial score (nSPS) is 10.6. The number of anilines is 1. The number of carbonyl (C=O) groups excluding carboxylic acids is 2. The van der Waals surface area contributed by atoms with Crippen LogP contribution in [0.1, 0.15) is 27.6 Å². The minimum absolute atomic E-state index is 0.0690. The van der Waals surface area contributed by atoms with Crippen LogP contribution in [-0.2, 0) is 11.3 Å². The van der Waals surface area contributed by atoms with Crippen LogP contribution >= 0.6 is 23.4 Å². The molecule has 1 aromatic heterocycles. The second kappa shape index (κ2) is 7.52. The lowest BCUT2D eigenvalue weighted by molar-refractivity contribution is 0.0523. The summed E-state index contributed by atoms with van der Waals surface area (Å²) in [5, 5.41) is 5.21. The van der Waals surface area contributed by atoms with Gasteiger partial charge in [-0.2, -0.15) is 5.10 Å². The van der Waals surface area contributed by atoms with E-state index in [9.17, 15) is 9.59 Å². The van der Waals surface area contributed by atoms with E-state index >= 15 is 0 Å². The van der Waals surface area contributed by atoms with Gasteiger partial charge in [0.25, 0.3) is 0 Å². The van der Waals surface area contributed by atoms with Crippen LogP contribution in [-0.4, -0.2) is 34.4 Å². The van der Waals surface area contributed by atoms with Crippen molar-refractivity contribution < 1.29 is 14.3 Å². The summed E-state index contributed by atoms with van der Waals surface area (Å²) in [6, 6.07) is 6.54. The van der Waals surface area contributed by atoms with E-state index < -0.39 is 5.97 Å². The van der Waals surface area contributed by atoms with Crippen molar-refractivity contribution in [2.75, 3.05) is 18.6 Å². The first-order valence-corrected chi connectivity index (χ1v) is 8.44. The largest absolute Gasteiger partial charge is 0.462 e. The van der Waals surface area contributed by atoms with Crippen LogP contribution in [0.3, 0.4) is 0 Å². The van der Waals surface area contributed by atoms with Gasteiger partial charge in [-0.05, 0) is 37.4 Å². The first-order chi connectivity index (χ1) is 11.0. The van der Waals surface area contributed by atoms with Gasteiger partial charge >= 0.3 is 5.97 Å². The topological polar surface area (TPSA) is 87.2 Å². The van der Waals surface area contributed by atoms with Crippen LogP contribution < -0.4 is 5.73 Å². The van der Waals surface area contributed by atoms with E-state index in [-0.39, 0.29) is 30.3 Å². The summed E-state index contributed by atoms with van der Waals surface area (Å²) in [5.41, 5.74) is 6.67. The van der Waals surface area contributed by atoms with E-state index in [1.54, 1.807) is 37.4 Å². The molecule has 0 saturated carbocycles. The molecule has 2 N–H and O–H groups in total. The molecule has 1 heterocycles. The Morgan fingerprint density at radius 2 is 2.00 bits per heavy atom. The number of hydrogen-bond acceptors (Lipinski definition) is 6. The maximum Gasteiger partial charge on any atom is 0.344 e. The molecule has 122 valence electrons. The van der Waals surface area contributed by atoms with Gasteiger partial charge in [-0.15, -0.1) is 11.8 Å². The number of nitrogens with zero attached hydrogens (tertiary/aromatic N) is 2. The molecule has 0 aliphatic carbocycles. The molecular formula is C15H16ClN3O3S. The fraction of sp³-hybridized carbons (Fsp3) is 0.267. The molecular weight excluding hydrogens is 338 g/mol. The number of rotatable bonds is 6. The van der Waals surface area contributed by atoms with Crippen molar-refractivity contribution >= 4 is 40.9 Å². The summed E-state index contributed by atoms with van der Waals surface area (Å²) in [6.07, 6.45) is 1.77. The monoisotopic (exact) mass is 353 g/mol. The van der Waals surface area contributed by atoms with Crippen molar-refractivity contribution in [3.63, 3.8) is 0 Å². The number of ether oxygens (including phenoxy) is 1. The number of carbonyl (C=O) groups is 2. The zero-order valence-electron chi connectivity index (χ0n) is 12.7. The van der Waals surface area contributed by atoms with Crippen molar-refractivity contribution in [2.45, 2.75) is 18.5 Å². The summed E-state index contributed by atoms with van der Waals surface area (Å²) in [7, 11) is 0. The van der Waals surface area contributed by atoms with Gasteiger partial charge in [0.05, 0.1) is 6.61 Å². The number of halogens is 1. The fourth-order valence-corrected chi connectivity index (χ4v) is 2.67. The summed E-state index contributed by atoms with van der Waals surface area (Å²) < 4.78 is 6.30. The summed E-state index contributed by atoms with van der Waals surface area (Å²) in [5.74, 6) is -0.603. The van der Waals surface area contributed by atoms with Gasteiger partial charge < -0.3 is 10.5 Å². The summed E-state index contributed by atoms with van der Waals surface area (Å²) >= 11 is 7.07. The van der Waals surface area contributed by atoms with Crippen LogP contribution in [0.5, 0.6) is 0 Å². The maximum absolute atomic E-state index is 12.3. The van der Waals surface area contributed by atoms with Gasteiger partial charge in [0.1, 0.15) is 23.0 Å². The molecule has 0 aliphatic rings. The molecule has 0 saturated heterocycles. The third-order valence-corrected chi connectivity index (χ3v) is 4.02. The van der Waals surface area contributed by atoms with Crippen molar-refractivity contribution in [1.29, 1.82) is 0 Å². The molecule has 6 nitrogen and oxygen atoms in total. The Kier molecular flexibility index (Phi) is 5.68. The highest BCUT2D eigenvalue weighted by Gasteiger charge is 2.24. The van der Waals surface area contributed by atoms with Crippen molar-refractivity contribution in [1.82, 2.24) is 9.78 Å². The maximum atomic E-state index is 12.3. The van der Waals surface area contributed by atoms with Crippen LogP contribution in [0.15, 0.2) is 29.3 Å². The highest BCUT2D eigenvalue weighted by molar-refractivity contribution is 7.98. The molecule has 0 unspecified atom stereocenters. The van der Waals surface area contributed by atoms with Crippen LogP contribution in [0, 0.1) is 0 Å². The quantitative estimate of drug-likeness (QED) is 0.488. The third-order valence-electron chi connectivity index (χ3n) is 3.09. The number of Topliss-reactive ketones (excluding diaryl/α,β-unsaturated/α-hetero) is 1. The molecule has 0 bridgehead atoms. The zero-order chi connectivity index (χ0) is 17.0. The molecule has 0 amide bonds. The number of thioether (sulfide) groups is 1. The van der Waals surface area contributed by atoms with E-state index in [0.29, 0.717) is 15.6 Å². The highest BCUT2D eigenvalue weighted by Crippen LogP contribution is 2.26. The minimum atomic E-state index is -0.542. The van der Waals surface area contributed by atoms with Crippen molar-refractivity contribution in [3.05, 3.63) is 40.4 Å². The van der Waals surface area contributed by atoms with Crippen LogP contribution in [0.4, 0.5) is 5.82 Å². The first kappa shape index (κ1) is 17.4. The number of esters is 1. The van der Waals surface area contributed by atoms with E-state index in [2.05, 4.69) is 5.10 Å². The molecule has 0 spiro atoms. The molecule has 0 radical (unpaired) electrons. The van der Waals surface area contributed by atoms with E-state index in [1.807, 2.05) is 0 Å². The number of nitrogen functional groups attached to an aromatic ring is 1. The van der Waals surface area contributed by atoms with Gasteiger partial charge in [0, 0.05) is 10.6 Å². The minimum Gasteiger partial charge on any atom is -0.462 e. The second-order valence-corrected chi connectivity index (χ2v) is 5.81. The Morgan fingerprint density at radius 3 is 2.57 bits per heavy atom. The van der Waals surface area contributed by atoms with Gasteiger partial charge in [-0.25, -0.2) is 9.48 Å². The molecule has 8 heteroatoms. The summed E-state index contributed by atoms with van der Waals surface area (Å²) in [6.45, 7) is 1.88. The molecule has 2 aromatic rings. The molecule has 0 fully saturated rings. The van der Waals surface area contributed by atoms with Gasteiger partial charge in [-0.3, -0.25) is 4.79 Å². The lowest BCUT2D eigenvalue weighted by Gasteiger charge is -2.05. The van der Waals surface area contributed by atoms with Crippen LogP contribution in [0.25, 0.3) is 0 Å². The average Bonchev–Trinajstić information content (AvgIpc) is 2.84. The molecule has 1 aromatic carbocycles. The predicted molar refractivity (Wildman–Crippen MR) is 90.2 cm³/mol. The zero-order valence-corrected chi connectivity index (χ0v) is 14.3. The number of benzene rings is 1. The number of hydrogen-bond donors (Lipinski definition) is 1. The second-order valence-electron chi connectivity index (χ2n) is 4.58. The summed E-state index contributed by atoms with van der Waals surface area (Å²) in [4.78, 5) is 24.3. The Labute approximate surface area is 142 Å². The SMILES string of the molecule is CCOC(=O)c1c(SC)nn(CC(=O)c2ccc(Cl)cc2)c1N. The van der Waals surface area contributed by atoms with Gasteiger partial charge in [0.15, 0.2) is 5.78 Å². The Morgan fingerprint density at radius 1 is 1.35 bits per heavy atom. The molecule has 0 atom stereocenters.